The Kier molecular flexibility index (Phi) is 11.1. The summed E-state index contributed by atoms with van der Waals surface area (Å²) in [6.07, 6.45) is 5.95. The van der Waals surface area contributed by atoms with Gasteiger partial charge in [0.15, 0.2) is 0 Å². The maximum atomic E-state index is 15.8. The fraction of sp³-hybridized carbons (Fsp3) is 0.395. The molecule has 4 aliphatic heterocycles. The third kappa shape index (κ3) is 8.48. The Morgan fingerprint density at radius 3 is 2.33 bits per heavy atom. The number of para-hydroxylation sites is 1. The molecule has 9 rings (SSSR count). The highest BCUT2D eigenvalue weighted by atomic mass is 32.2. The average Bonchev–Trinajstić information content (AvgIpc) is 3.90. The lowest BCUT2D eigenvalue weighted by molar-refractivity contribution is -0.134. The number of hydrogen-bond donors (Lipinski definition) is 4. The van der Waals surface area contributed by atoms with E-state index in [4.69, 9.17) is 4.98 Å². The van der Waals surface area contributed by atoms with Crippen LogP contribution in [-0.4, -0.2) is 110 Å². The van der Waals surface area contributed by atoms with Crippen molar-refractivity contribution in [2.75, 3.05) is 78.5 Å². The molecule has 61 heavy (non-hydrogen) atoms. The summed E-state index contributed by atoms with van der Waals surface area (Å²) in [6.45, 7) is 5.85. The van der Waals surface area contributed by atoms with Crippen LogP contribution < -0.4 is 25.2 Å². The summed E-state index contributed by atoms with van der Waals surface area (Å²) in [5.41, 5.74) is 3.96. The Labute approximate surface area is 351 Å². The summed E-state index contributed by atoms with van der Waals surface area (Å²) in [5, 5.41) is 9.37. The third-order valence-electron chi connectivity index (χ3n) is 12.4. The average molecular weight is 857 g/mol. The maximum Gasteiger partial charge on any atom is 0.234 e. The predicted molar refractivity (Wildman–Crippen MR) is 228 cm³/mol. The first-order valence-corrected chi connectivity index (χ1v) is 22.5. The van der Waals surface area contributed by atoms with Crippen molar-refractivity contribution in [3.8, 4) is 0 Å². The second kappa shape index (κ2) is 16.6. The number of carbonyl (C=O) groups is 2. The number of nitrogens with one attached hydrogen (secondary N) is 4. The van der Waals surface area contributed by atoms with Gasteiger partial charge in [-0.15, -0.1) is 0 Å². The van der Waals surface area contributed by atoms with Crippen LogP contribution in [0.25, 0.3) is 11.0 Å². The molecule has 0 bridgehead atoms. The zero-order chi connectivity index (χ0) is 42.4. The van der Waals surface area contributed by atoms with E-state index in [1.807, 2.05) is 30.3 Å². The van der Waals surface area contributed by atoms with E-state index in [1.54, 1.807) is 12.3 Å². The molecule has 0 aliphatic carbocycles. The molecule has 320 valence electrons. The minimum absolute atomic E-state index is 0.0508. The molecule has 2 aromatic heterocycles. The van der Waals surface area contributed by atoms with Gasteiger partial charge in [0.05, 0.1) is 34.6 Å². The molecule has 4 N–H and O–H groups in total. The quantitative estimate of drug-likeness (QED) is 0.124. The number of halogens is 3. The topological polar surface area (TPSA) is 159 Å². The van der Waals surface area contributed by atoms with Crippen LogP contribution in [0.2, 0.25) is 0 Å². The monoisotopic (exact) mass is 856 g/mol. The number of amides is 2. The second-order valence-electron chi connectivity index (χ2n) is 16.3. The minimum atomic E-state index is -3.48. The Bertz CT molecular complexity index is 2590. The van der Waals surface area contributed by atoms with Crippen molar-refractivity contribution >= 4 is 67.4 Å². The number of piperidine rings is 2. The smallest absolute Gasteiger partial charge is 0.234 e. The van der Waals surface area contributed by atoms with Crippen molar-refractivity contribution in [1.29, 1.82) is 0 Å². The van der Waals surface area contributed by atoms with Crippen LogP contribution >= 0.6 is 0 Å². The second-order valence-corrected chi connectivity index (χ2v) is 18.2. The van der Waals surface area contributed by atoms with Crippen LogP contribution in [0.5, 0.6) is 0 Å². The number of aromatic nitrogens is 3. The SMILES string of the molecule is CS(=O)(=O)N1CCc2cccc(Nc3nc(Nc4ccc(N5CCC(N6CCN(CCc7cc(F)c(C8CCC(=O)NC8=O)c(F)c7)CC6)CC5)c(F)c4)nc4[nH]ccc34)c21. The van der Waals surface area contributed by atoms with E-state index in [-0.39, 0.29) is 30.2 Å². The standard InChI is InChI=1S/C43H47F3N10O4S/c1-61(59,60)56-18-11-27-3-2-4-35(39(27)56)49-41-31-9-14-47-40(31)51-43(52-41)48-28-5-7-36(32(44)25-28)55-16-12-29(13-17-55)54-21-19-53(20-22-54)15-10-26-23-33(45)38(34(46)24-26)30-6-8-37(57)50-42(30)58/h2-5,7,9,14,23-25,29-30H,6,8,10-13,15-22H2,1H3,(H,50,57,58)(H3,47,48,49,51,52). The molecule has 2 amide bonds. The number of H-pyrrole nitrogens is 1. The van der Waals surface area contributed by atoms with Crippen LogP contribution in [0.3, 0.4) is 0 Å². The first-order valence-electron chi connectivity index (χ1n) is 20.7. The first-order chi connectivity index (χ1) is 29.4. The number of imide groups is 1. The zero-order valence-corrected chi connectivity index (χ0v) is 34.5. The highest BCUT2D eigenvalue weighted by Crippen LogP contribution is 2.40. The van der Waals surface area contributed by atoms with Crippen LogP contribution in [0.4, 0.5) is 47.7 Å². The van der Waals surface area contributed by atoms with Gasteiger partial charge >= 0.3 is 0 Å². The van der Waals surface area contributed by atoms with Crippen molar-refractivity contribution in [3.05, 3.63) is 94.9 Å². The van der Waals surface area contributed by atoms with E-state index in [9.17, 15) is 18.0 Å². The van der Waals surface area contributed by atoms with Gasteiger partial charge < -0.3 is 25.4 Å². The van der Waals surface area contributed by atoms with Gasteiger partial charge in [0.25, 0.3) is 0 Å². The number of sulfonamides is 1. The van der Waals surface area contributed by atoms with Crippen molar-refractivity contribution in [3.63, 3.8) is 0 Å². The van der Waals surface area contributed by atoms with Crippen LogP contribution in [-0.2, 0) is 32.5 Å². The lowest BCUT2D eigenvalue weighted by atomic mass is 9.89. The number of fused-ring (bicyclic) bond motifs is 2. The summed E-state index contributed by atoms with van der Waals surface area (Å²) >= 11 is 0. The number of aromatic amines is 1. The van der Waals surface area contributed by atoms with Gasteiger partial charge in [0, 0.05) is 82.3 Å². The Morgan fingerprint density at radius 1 is 0.836 bits per heavy atom. The molecule has 5 aromatic rings. The van der Waals surface area contributed by atoms with E-state index < -0.39 is 39.4 Å². The van der Waals surface area contributed by atoms with Gasteiger partial charge in [-0.25, -0.2) is 21.6 Å². The number of hydrogen-bond acceptors (Lipinski definition) is 11. The highest BCUT2D eigenvalue weighted by molar-refractivity contribution is 7.92. The van der Waals surface area contributed by atoms with E-state index in [2.05, 4.69) is 40.6 Å². The Morgan fingerprint density at radius 2 is 1.61 bits per heavy atom. The number of nitrogens with zero attached hydrogens (tertiary/aromatic N) is 6. The molecular formula is C43H47F3N10O4S. The van der Waals surface area contributed by atoms with Crippen molar-refractivity contribution in [2.45, 2.75) is 50.5 Å². The normalized spacial score (nSPS) is 19.4. The van der Waals surface area contributed by atoms with Gasteiger partial charge in [-0.05, 0) is 85.7 Å². The Hall–Kier alpha value is -5.72. The number of rotatable bonds is 11. The predicted octanol–water partition coefficient (Wildman–Crippen LogP) is 5.53. The number of anilines is 6. The minimum Gasteiger partial charge on any atom is -0.369 e. The summed E-state index contributed by atoms with van der Waals surface area (Å²) in [6, 6.07) is 15.5. The van der Waals surface area contributed by atoms with E-state index in [0.29, 0.717) is 90.2 Å². The van der Waals surface area contributed by atoms with Crippen LogP contribution in [0.15, 0.2) is 60.8 Å². The van der Waals surface area contributed by atoms with E-state index in [0.717, 1.165) is 44.6 Å². The van der Waals surface area contributed by atoms with Crippen LogP contribution in [0, 0.1) is 17.5 Å². The molecule has 0 radical (unpaired) electrons. The lowest BCUT2D eigenvalue weighted by Gasteiger charge is -2.43. The van der Waals surface area contributed by atoms with Gasteiger partial charge in [-0.3, -0.25) is 24.1 Å². The lowest BCUT2D eigenvalue weighted by Crippen LogP contribution is -2.53. The highest BCUT2D eigenvalue weighted by Gasteiger charge is 2.34. The van der Waals surface area contributed by atoms with Crippen LogP contribution in [0.1, 0.15) is 48.3 Å². The van der Waals surface area contributed by atoms with Crippen molar-refractivity contribution in [2.24, 2.45) is 0 Å². The molecular weight excluding hydrogens is 810 g/mol. The largest absolute Gasteiger partial charge is 0.369 e. The first kappa shape index (κ1) is 40.7. The molecule has 3 fully saturated rings. The molecule has 3 saturated heterocycles. The number of piperazine rings is 1. The molecule has 4 aliphatic rings. The molecule has 14 nitrogen and oxygen atoms in total. The number of benzene rings is 3. The van der Waals surface area contributed by atoms with Gasteiger partial charge in [0.2, 0.25) is 27.8 Å². The van der Waals surface area contributed by atoms with Crippen molar-refractivity contribution in [1.82, 2.24) is 30.1 Å². The zero-order valence-electron chi connectivity index (χ0n) is 33.7. The number of carbonyl (C=O) groups excluding carboxylic acids is 2. The summed E-state index contributed by atoms with van der Waals surface area (Å²) in [4.78, 5) is 43.0. The summed E-state index contributed by atoms with van der Waals surface area (Å²) < 4.78 is 72.4. The Balaban J connectivity index is 0.777. The van der Waals surface area contributed by atoms with Crippen molar-refractivity contribution < 1.29 is 31.2 Å². The molecule has 6 heterocycles. The summed E-state index contributed by atoms with van der Waals surface area (Å²) in [5.74, 6) is -3.27. The molecule has 0 spiro atoms. The maximum absolute atomic E-state index is 15.8. The van der Waals surface area contributed by atoms with Gasteiger partial charge in [-0.1, -0.05) is 12.1 Å². The molecule has 3 aromatic carbocycles. The fourth-order valence-corrected chi connectivity index (χ4v) is 10.2. The molecule has 1 unspecified atom stereocenters. The molecule has 0 saturated carbocycles. The molecule has 1 atom stereocenters. The molecule has 18 heteroatoms. The van der Waals surface area contributed by atoms with Gasteiger partial charge in [-0.2, -0.15) is 9.97 Å². The van der Waals surface area contributed by atoms with E-state index >= 15 is 13.2 Å². The van der Waals surface area contributed by atoms with E-state index in [1.165, 1.54) is 28.8 Å². The van der Waals surface area contributed by atoms with Gasteiger partial charge in [0.1, 0.15) is 28.9 Å². The fourth-order valence-electron chi connectivity index (χ4n) is 9.24. The summed E-state index contributed by atoms with van der Waals surface area (Å²) in [7, 11) is -3.48. The third-order valence-corrected chi connectivity index (χ3v) is 13.6.